The van der Waals surface area contributed by atoms with Crippen LogP contribution in [0.5, 0.6) is 5.75 Å². The number of carbonyl (C=O) groups is 1. The van der Waals surface area contributed by atoms with Crippen LogP contribution in [0, 0.1) is 0 Å². The van der Waals surface area contributed by atoms with Crippen molar-refractivity contribution in [1.29, 1.82) is 0 Å². The minimum Gasteiger partial charge on any atom is -0.495 e. The van der Waals surface area contributed by atoms with Crippen LogP contribution in [-0.4, -0.2) is 39.3 Å². The van der Waals surface area contributed by atoms with Crippen LogP contribution in [0.3, 0.4) is 0 Å². The van der Waals surface area contributed by atoms with E-state index in [4.69, 9.17) is 4.74 Å². The van der Waals surface area contributed by atoms with Gasteiger partial charge in [-0.05, 0) is 55.2 Å². The van der Waals surface area contributed by atoms with E-state index in [9.17, 15) is 4.79 Å². The number of unbranched alkanes of at least 4 members (excludes halogenated alkanes) is 1. The molecule has 0 aliphatic carbocycles. The van der Waals surface area contributed by atoms with E-state index in [0.29, 0.717) is 41.6 Å². The van der Waals surface area contributed by atoms with Crippen LogP contribution in [0.4, 0.5) is 0 Å². The first kappa shape index (κ1) is 23.2. The van der Waals surface area contributed by atoms with Gasteiger partial charge in [0.05, 0.1) is 19.0 Å². The number of carbonyl (C=O) groups excluding carboxylic acids is 1. The summed E-state index contributed by atoms with van der Waals surface area (Å²) in [7, 11) is 1.61. The minimum atomic E-state index is -0.0958. The molecule has 0 saturated carbocycles. The number of hydrogen-bond donors (Lipinski definition) is 1. The number of amides is 1. The fourth-order valence-corrected chi connectivity index (χ4v) is 3.67. The van der Waals surface area contributed by atoms with Gasteiger partial charge in [-0.1, -0.05) is 43.3 Å². The van der Waals surface area contributed by atoms with Gasteiger partial charge in [0.2, 0.25) is 0 Å². The van der Waals surface area contributed by atoms with E-state index in [1.54, 1.807) is 18.0 Å². The molecule has 1 N–H and O–H groups in total. The number of ether oxygens (including phenoxy) is 1. The van der Waals surface area contributed by atoms with Crippen molar-refractivity contribution in [1.82, 2.24) is 25.1 Å². The molecule has 0 spiro atoms. The monoisotopic (exact) mass is 455 g/mol. The van der Waals surface area contributed by atoms with Gasteiger partial charge in [0, 0.05) is 18.5 Å². The number of nitrogens with zero attached hydrogens (tertiary/aromatic N) is 4. The maximum Gasteiger partial charge on any atom is 0.251 e. The normalized spacial score (nSPS) is 10.8. The molecule has 4 rings (SSSR count). The summed E-state index contributed by atoms with van der Waals surface area (Å²) in [6.07, 6.45) is 5.32. The first-order chi connectivity index (χ1) is 16.7. The molecule has 0 atom stereocenters. The number of rotatable bonds is 10. The van der Waals surface area contributed by atoms with E-state index in [-0.39, 0.29) is 5.91 Å². The van der Waals surface area contributed by atoms with Gasteiger partial charge in [0.15, 0.2) is 11.6 Å². The molecular formula is C27H29N5O2. The molecule has 0 saturated heterocycles. The quantitative estimate of drug-likeness (QED) is 0.352. The summed E-state index contributed by atoms with van der Waals surface area (Å²) >= 11 is 0. The number of benzene rings is 2. The zero-order valence-corrected chi connectivity index (χ0v) is 19.6. The molecular weight excluding hydrogens is 426 g/mol. The Kier molecular flexibility index (Phi) is 7.65. The second-order valence-corrected chi connectivity index (χ2v) is 7.95. The van der Waals surface area contributed by atoms with E-state index >= 15 is 0 Å². The molecule has 174 valence electrons. The Labute approximate surface area is 199 Å². The van der Waals surface area contributed by atoms with Crippen LogP contribution < -0.4 is 10.1 Å². The smallest absolute Gasteiger partial charge is 0.251 e. The van der Waals surface area contributed by atoms with E-state index in [1.807, 2.05) is 49.4 Å². The predicted molar refractivity (Wildman–Crippen MR) is 132 cm³/mol. The molecule has 7 heteroatoms. The standard InChI is InChI=1S/C27H29N5O2/c1-3-25-30-26(24-16-15-23(34-2)19-29-24)32(31-25)22-14-9-13-21(18-22)27(33)28-17-8-7-12-20-10-5-4-6-11-20/h4-6,9-11,13-16,18-19H,3,7-8,12,17H2,1-2H3,(H,28,33). The van der Waals surface area contributed by atoms with Crippen LogP contribution in [0.25, 0.3) is 17.2 Å². The molecule has 0 radical (unpaired) electrons. The first-order valence-electron chi connectivity index (χ1n) is 11.6. The van der Waals surface area contributed by atoms with E-state index in [0.717, 1.165) is 24.9 Å². The Morgan fingerprint density at radius 3 is 2.62 bits per heavy atom. The Morgan fingerprint density at radius 1 is 1.03 bits per heavy atom. The highest BCUT2D eigenvalue weighted by Gasteiger charge is 2.16. The Bertz CT molecular complexity index is 1220. The van der Waals surface area contributed by atoms with E-state index in [1.165, 1.54) is 5.56 Å². The van der Waals surface area contributed by atoms with Crippen LogP contribution in [0.15, 0.2) is 72.9 Å². The van der Waals surface area contributed by atoms with Gasteiger partial charge in [-0.25, -0.2) is 14.6 Å². The van der Waals surface area contributed by atoms with Gasteiger partial charge in [0.25, 0.3) is 5.91 Å². The lowest BCUT2D eigenvalue weighted by Crippen LogP contribution is -2.24. The third kappa shape index (κ3) is 5.67. The van der Waals surface area contributed by atoms with Crippen LogP contribution >= 0.6 is 0 Å². The number of methoxy groups -OCH3 is 1. The van der Waals surface area contributed by atoms with Crippen molar-refractivity contribution >= 4 is 5.91 Å². The van der Waals surface area contributed by atoms with Crippen LogP contribution in [0.1, 0.15) is 41.5 Å². The van der Waals surface area contributed by atoms with Crippen molar-refractivity contribution in [3.63, 3.8) is 0 Å². The highest BCUT2D eigenvalue weighted by Crippen LogP contribution is 2.22. The summed E-state index contributed by atoms with van der Waals surface area (Å²) in [4.78, 5) is 21.9. The van der Waals surface area contributed by atoms with Crippen LogP contribution in [-0.2, 0) is 12.8 Å². The van der Waals surface area contributed by atoms with Crippen molar-refractivity contribution in [3.8, 4) is 23.0 Å². The molecule has 0 unspecified atom stereocenters. The molecule has 7 nitrogen and oxygen atoms in total. The largest absolute Gasteiger partial charge is 0.495 e. The fourth-order valence-electron chi connectivity index (χ4n) is 3.67. The molecule has 0 bridgehead atoms. The SMILES string of the molecule is CCc1nc(-c2ccc(OC)cn2)n(-c2cccc(C(=O)NCCCCc3ccccc3)c2)n1. The molecule has 1 amide bonds. The molecule has 0 aliphatic heterocycles. The minimum absolute atomic E-state index is 0.0958. The highest BCUT2D eigenvalue weighted by molar-refractivity contribution is 5.94. The molecule has 34 heavy (non-hydrogen) atoms. The number of nitrogens with one attached hydrogen (secondary N) is 1. The summed E-state index contributed by atoms with van der Waals surface area (Å²) in [6, 6.07) is 21.5. The van der Waals surface area contributed by atoms with Crippen molar-refractivity contribution in [3.05, 3.63) is 89.9 Å². The maximum absolute atomic E-state index is 12.8. The van der Waals surface area contributed by atoms with Crippen LogP contribution in [0.2, 0.25) is 0 Å². The topological polar surface area (TPSA) is 81.9 Å². The third-order valence-corrected chi connectivity index (χ3v) is 5.54. The van der Waals surface area contributed by atoms with E-state index in [2.05, 4.69) is 44.6 Å². The molecule has 2 aromatic carbocycles. The second-order valence-electron chi connectivity index (χ2n) is 7.95. The van der Waals surface area contributed by atoms with Gasteiger partial charge >= 0.3 is 0 Å². The molecule has 0 aliphatic rings. The second kappa shape index (κ2) is 11.2. The Hall–Kier alpha value is -4.00. The number of aromatic nitrogens is 4. The lowest BCUT2D eigenvalue weighted by atomic mass is 10.1. The molecule has 0 fully saturated rings. The predicted octanol–water partition coefficient (Wildman–Crippen LogP) is 4.65. The summed E-state index contributed by atoms with van der Waals surface area (Å²) < 4.78 is 6.95. The van der Waals surface area contributed by atoms with Crippen molar-refractivity contribution in [2.45, 2.75) is 32.6 Å². The average Bonchev–Trinajstić information content (AvgIpc) is 3.34. The van der Waals surface area contributed by atoms with Crippen molar-refractivity contribution in [2.75, 3.05) is 13.7 Å². The van der Waals surface area contributed by atoms with Gasteiger partial charge < -0.3 is 10.1 Å². The van der Waals surface area contributed by atoms with Gasteiger partial charge in [-0.15, -0.1) is 0 Å². The Morgan fingerprint density at radius 2 is 1.88 bits per heavy atom. The first-order valence-corrected chi connectivity index (χ1v) is 11.6. The summed E-state index contributed by atoms with van der Waals surface area (Å²) in [5, 5.41) is 7.67. The number of aryl methyl sites for hydroxylation is 2. The average molecular weight is 456 g/mol. The maximum atomic E-state index is 12.8. The van der Waals surface area contributed by atoms with Gasteiger partial charge in [-0.3, -0.25) is 4.79 Å². The number of hydrogen-bond acceptors (Lipinski definition) is 5. The highest BCUT2D eigenvalue weighted by atomic mass is 16.5. The van der Waals surface area contributed by atoms with Crippen molar-refractivity contribution < 1.29 is 9.53 Å². The zero-order valence-electron chi connectivity index (χ0n) is 19.6. The lowest BCUT2D eigenvalue weighted by Gasteiger charge is -2.09. The zero-order chi connectivity index (χ0) is 23.8. The lowest BCUT2D eigenvalue weighted by molar-refractivity contribution is 0.0953. The molecule has 4 aromatic rings. The number of pyridine rings is 1. The van der Waals surface area contributed by atoms with Crippen molar-refractivity contribution in [2.24, 2.45) is 0 Å². The third-order valence-electron chi connectivity index (χ3n) is 5.54. The molecule has 2 aromatic heterocycles. The summed E-state index contributed by atoms with van der Waals surface area (Å²) in [5.41, 5.74) is 3.35. The molecule has 2 heterocycles. The Balaban J connectivity index is 1.44. The van der Waals surface area contributed by atoms with E-state index < -0.39 is 0 Å². The van der Waals surface area contributed by atoms with Gasteiger partial charge in [0.1, 0.15) is 11.4 Å². The van der Waals surface area contributed by atoms with Gasteiger partial charge in [-0.2, -0.15) is 5.10 Å². The summed E-state index contributed by atoms with van der Waals surface area (Å²) in [5.74, 6) is 1.91. The fraction of sp³-hybridized carbons (Fsp3) is 0.259. The summed E-state index contributed by atoms with van der Waals surface area (Å²) in [6.45, 7) is 2.65.